The second kappa shape index (κ2) is 8.89. The lowest BCUT2D eigenvalue weighted by molar-refractivity contribution is -0.0161. The molecule has 0 spiro atoms. The first-order valence-corrected chi connectivity index (χ1v) is 7.67. The van der Waals surface area contributed by atoms with Crippen LogP contribution in [0.2, 0.25) is 0 Å². The average molecular weight is 256 g/mol. The average Bonchev–Trinajstić information content (AvgIpc) is 2.35. The fraction of sp³-hybridized carbons (Fsp3) is 1.00. The van der Waals surface area contributed by atoms with Crippen molar-refractivity contribution in [2.75, 3.05) is 33.3 Å². The molecule has 0 radical (unpaired) electrons. The van der Waals surface area contributed by atoms with Crippen LogP contribution >= 0.6 is 0 Å². The summed E-state index contributed by atoms with van der Waals surface area (Å²) in [6.45, 7) is 10.9. The molecule has 1 rings (SSSR count). The van der Waals surface area contributed by atoms with Crippen molar-refractivity contribution >= 4 is 0 Å². The molecule has 0 saturated carbocycles. The second-order valence-electron chi connectivity index (χ2n) is 5.95. The van der Waals surface area contributed by atoms with Crippen LogP contribution in [0.1, 0.15) is 46.5 Å². The van der Waals surface area contributed by atoms with Gasteiger partial charge in [-0.25, -0.2) is 0 Å². The highest BCUT2D eigenvalue weighted by Crippen LogP contribution is 2.16. The Balaban J connectivity index is 2.27. The Hall–Kier alpha value is -0.120. The zero-order valence-corrected chi connectivity index (χ0v) is 12.7. The summed E-state index contributed by atoms with van der Waals surface area (Å²) in [5.41, 5.74) is 0. The summed E-state index contributed by atoms with van der Waals surface area (Å²) in [4.78, 5) is 2.46. The zero-order chi connectivity index (χ0) is 13.4. The van der Waals surface area contributed by atoms with Crippen LogP contribution in [0.15, 0.2) is 0 Å². The van der Waals surface area contributed by atoms with Crippen LogP contribution in [0.5, 0.6) is 0 Å². The van der Waals surface area contributed by atoms with E-state index in [2.05, 4.69) is 38.0 Å². The molecule has 18 heavy (non-hydrogen) atoms. The topological polar surface area (TPSA) is 24.5 Å². The highest BCUT2D eigenvalue weighted by atomic mass is 16.5. The molecule has 0 aromatic rings. The summed E-state index contributed by atoms with van der Waals surface area (Å²) in [6, 6.07) is 0.631. The van der Waals surface area contributed by atoms with Crippen LogP contribution < -0.4 is 5.32 Å². The summed E-state index contributed by atoms with van der Waals surface area (Å²) in [5, 5.41) is 3.48. The Morgan fingerprint density at radius 3 is 2.72 bits per heavy atom. The maximum atomic E-state index is 6.16. The minimum Gasteiger partial charge on any atom is -0.375 e. The van der Waals surface area contributed by atoms with Gasteiger partial charge in [-0.05, 0) is 45.3 Å². The Morgan fingerprint density at radius 2 is 2.11 bits per heavy atom. The van der Waals surface area contributed by atoms with E-state index >= 15 is 0 Å². The van der Waals surface area contributed by atoms with Gasteiger partial charge in [0.25, 0.3) is 0 Å². The largest absolute Gasteiger partial charge is 0.375 e. The molecular formula is C15H32N2O. The van der Waals surface area contributed by atoms with Crippen molar-refractivity contribution < 1.29 is 4.74 Å². The third kappa shape index (κ3) is 5.68. The first-order chi connectivity index (χ1) is 8.65. The van der Waals surface area contributed by atoms with Crippen LogP contribution in [-0.4, -0.2) is 50.3 Å². The molecule has 0 aromatic carbocycles. The van der Waals surface area contributed by atoms with E-state index < -0.39 is 0 Å². The summed E-state index contributed by atoms with van der Waals surface area (Å²) in [5.74, 6) is 0.586. The van der Waals surface area contributed by atoms with Crippen molar-refractivity contribution in [2.45, 2.75) is 58.6 Å². The van der Waals surface area contributed by atoms with Crippen LogP contribution in [0, 0.1) is 5.92 Å². The Labute approximate surface area is 113 Å². The lowest BCUT2D eigenvalue weighted by Gasteiger charge is -2.34. The minimum atomic E-state index is 0.354. The predicted molar refractivity (Wildman–Crippen MR) is 78.0 cm³/mol. The molecule has 1 heterocycles. The Kier molecular flexibility index (Phi) is 7.87. The lowest BCUT2D eigenvalue weighted by atomic mass is 10.0. The Morgan fingerprint density at radius 1 is 1.33 bits per heavy atom. The van der Waals surface area contributed by atoms with E-state index in [4.69, 9.17) is 4.74 Å². The summed E-state index contributed by atoms with van der Waals surface area (Å²) in [6.07, 6.45) is 5.55. The van der Waals surface area contributed by atoms with Gasteiger partial charge in [0, 0.05) is 12.6 Å². The molecule has 1 fully saturated rings. The van der Waals surface area contributed by atoms with Gasteiger partial charge < -0.3 is 15.0 Å². The number of likely N-dealkylation sites (tertiary alicyclic amines) is 1. The van der Waals surface area contributed by atoms with E-state index in [-0.39, 0.29) is 0 Å². The summed E-state index contributed by atoms with van der Waals surface area (Å²) >= 11 is 0. The SMILES string of the molecule is CCCNCC(OCC1CCCCN1C)C(C)C. The van der Waals surface area contributed by atoms with Crippen molar-refractivity contribution in [1.82, 2.24) is 10.2 Å². The molecule has 1 aliphatic rings. The zero-order valence-electron chi connectivity index (χ0n) is 12.7. The van der Waals surface area contributed by atoms with Gasteiger partial charge in [0.1, 0.15) is 0 Å². The number of likely N-dealkylation sites (N-methyl/N-ethyl adjacent to an activating group) is 1. The molecule has 0 amide bonds. The first-order valence-electron chi connectivity index (χ1n) is 7.67. The van der Waals surface area contributed by atoms with Crippen LogP contribution in [0.3, 0.4) is 0 Å². The molecule has 1 saturated heterocycles. The lowest BCUT2D eigenvalue weighted by Crippen LogP contribution is -2.42. The van der Waals surface area contributed by atoms with Crippen molar-refractivity contribution in [1.29, 1.82) is 0 Å². The molecular weight excluding hydrogens is 224 g/mol. The van der Waals surface area contributed by atoms with Crippen molar-refractivity contribution in [3.05, 3.63) is 0 Å². The van der Waals surface area contributed by atoms with Gasteiger partial charge in [-0.2, -0.15) is 0 Å². The standard InChI is InChI=1S/C15H32N2O/c1-5-9-16-11-15(13(2)3)18-12-14-8-6-7-10-17(14)4/h13-16H,5-12H2,1-4H3. The number of nitrogens with zero attached hydrogens (tertiary/aromatic N) is 1. The Bertz CT molecular complexity index is 209. The maximum Gasteiger partial charge on any atom is 0.0723 e. The monoisotopic (exact) mass is 256 g/mol. The van der Waals surface area contributed by atoms with E-state index in [1.165, 1.54) is 32.2 Å². The molecule has 2 atom stereocenters. The number of piperidine rings is 1. The van der Waals surface area contributed by atoms with Gasteiger partial charge >= 0.3 is 0 Å². The van der Waals surface area contributed by atoms with Gasteiger partial charge in [0.05, 0.1) is 12.7 Å². The van der Waals surface area contributed by atoms with Crippen molar-refractivity contribution in [3.8, 4) is 0 Å². The molecule has 108 valence electrons. The van der Waals surface area contributed by atoms with Gasteiger partial charge in [0.2, 0.25) is 0 Å². The number of ether oxygens (including phenoxy) is 1. The van der Waals surface area contributed by atoms with Crippen LogP contribution in [0.25, 0.3) is 0 Å². The van der Waals surface area contributed by atoms with Gasteiger partial charge in [-0.3, -0.25) is 0 Å². The number of rotatable bonds is 8. The maximum absolute atomic E-state index is 6.16. The minimum absolute atomic E-state index is 0.354. The molecule has 2 unspecified atom stereocenters. The summed E-state index contributed by atoms with van der Waals surface area (Å²) in [7, 11) is 2.23. The summed E-state index contributed by atoms with van der Waals surface area (Å²) < 4.78 is 6.16. The molecule has 3 heteroatoms. The highest BCUT2D eigenvalue weighted by molar-refractivity contribution is 4.75. The highest BCUT2D eigenvalue weighted by Gasteiger charge is 2.21. The van der Waals surface area contributed by atoms with Crippen LogP contribution in [-0.2, 0) is 4.74 Å². The quantitative estimate of drug-likeness (QED) is 0.675. The molecule has 3 nitrogen and oxygen atoms in total. The van der Waals surface area contributed by atoms with Gasteiger partial charge in [-0.1, -0.05) is 27.2 Å². The van der Waals surface area contributed by atoms with E-state index in [9.17, 15) is 0 Å². The number of nitrogens with one attached hydrogen (secondary N) is 1. The van der Waals surface area contributed by atoms with E-state index in [0.29, 0.717) is 18.1 Å². The van der Waals surface area contributed by atoms with Crippen molar-refractivity contribution in [3.63, 3.8) is 0 Å². The first kappa shape index (κ1) is 15.9. The predicted octanol–water partition coefficient (Wildman–Crippen LogP) is 2.51. The van der Waals surface area contributed by atoms with Crippen molar-refractivity contribution in [2.24, 2.45) is 5.92 Å². The fourth-order valence-electron chi connectivity index (χ4n) is 2.50. The molecule has 0 bridgehead atoms. The van der Waals surface area contributed by atoms with E-state index in [1.54, 1.807) is 0 Å². The van der Waals surface area contributed by atoms with Crippen LogP contribution in [0.4, 0.5) is 0 Å². The van der Waals surface area contributed by atoms with E-state index in [0.717, 1.165) is 19.7 Å². The fourth-order valence-corrected chi connectivity index (χ4v) is 2.50. The van der Waals surface area contributed by atoms with Gasteiger partial charge in [-0.15, -0.1) is 0 Å². The second-order valence-corrected chi connectivity index (χ2v) is 5.95. The number of hydrogen-bond acceptors (Lipinski definition) is 3. The smallest absolute Gasteiger partial charge is 0.0723 e. The third-order valence-corrected chi connectivity index (χ3v) is 3.94. The molecule has 1 aliphatic heterocycles. The normalized spacial score (nSPS) is 23.5. The molecule has 0 aromatic heterocycles. The molecule has 0 aliphatic carbocycles. The van der Waals surface area contributed by atoms with Gasteiger partial charge in [0.15, 0.2) is 0 Å². The third-order valence-electron chi connectivity index (χ3n) is 3.94. The molecule has 1 N–H and O–H groups in total. The number of hydrogen-bond donors (Lipinski definition) is 1. The van der Waals surface area contributed by atoms with E-state index in [1.807, 2.05) is 0 Å².